The molecule has 3 heterocycles. The number of ether oxygens (including phenoxy) is 2. The molecule has 1 fully saturated rings. The summed E-state index contributed by atoms with van der Waals surface area (Å²) in [4.78, 5) is 25.0. The first-order chi connectivity index (χ1) is 16.6. The Morgan fingerprint density at radius 2 is 2.09 bits per heavy atom. The first-order valence-electron chi connectivity index (χ1n) is 11.4. The van der Waals surface area contributed by atoms with Gasteiger partial charge in [-0.2, -0.15) is 9.67 Å². The van der Waals surface area contributed by atoms with Crippen molar-refractivity contribution in [3.05, 3.63) is 36.5 Å². The molecule has 1 amide bonds. The number of rotatable bonds is 9. The maximum atomic E-state index is 11.5. The Hall–Kier alpha value is -3.86. The number of fused-ring (bicyclic) bond motifs is 2. The third-order valence-corrected chi connectivity index (χ3v) is 5.93. The minimum absolute atomic E-state index is 0.102. The smallest absolute Gasteiger partial charge is 0.225 e. The van der Waals surface area contributed by atoms with Crippen LogP contribution in [-0.4, -0.2) is 61.7 Å². The van der Waals surface area contributed by atoms with Crippen molar-refractivity contribution in [3.63, 3.8) is 0 Å². The van der Waals surface area contributed by atoms with Crippen LogP contribution < -0.4 is 15.8 Å². The molecule has 1 aromatic carbocycles. The maximum absolute atomic E-state index is 11.5. The highest BCUT2D eigenvalue weighted by molar-refractivity contribution is 5.82. The number of anilines is 1. The van der Waals surface area contributed by atoms with E-state index in [1.165, 1.54) is 0 Å². The fourth-order valence-corrected chi connectivity index (χ4v) is 4.18. The standard InChI is InChI=1S/C23H26N8O3/c1-2-33-9-10-34-20-8-4-14-12-17(6-7-18(14)27-20)31-22-19(29-30-31)13-25-23(28-22)26-16-5-3-15(11-16)21(24)32/h4,6-8,12-13,15-16H,2-3,5,9-11H2,1H3,(H2,24,32)(H,25,26,28). The van der Waals surface area contributed by atoms with Crippen molar-refractivity contribution in [2.45, 2.75) is 32.2 Å². The minimum Gasteiger partial charge on any atom is -0.475 e. The first kappa shape index (κ1) is 22.0. The average Bonchev–Trinajstić information content (AvgIpc) is 3.49. The van der Waals surface area contributed by atoms with Crippen LogP contribution in [0.1, 0.15) is 26.2 Å². The Labute approximate surface area is 195 Å². The summed E-state index contributed by atoms with van der Waals surface area (Å²) in [6, 6.07) is 9.70. The molecule has 3 N–H and O–H groups in total. The number of nitrogens with zero attached hydrogens (tertiary/aromatic N) is 6. The molecule has 176 valence electrons. The van der Waals surface area contributed by atoms with Gasteiger partial charge in [-0.3, -0.25) is 4.79 Å². The van der Waals surface area contributed by atoms with Gasteiger partial charge in [0.1, 0.15) is 6.61 Å². The number of benzene rings is 1. The number of pyridine rings is 1. The molecule has 1 saturated carbocycles. The number of hydrogen-bond donors (Lipinski definition) is 2. The summed E-state index contributed by atoms with van der Waals surface area (Å²) in [6.07, 6.45) is 3.95. The Balaban J connectivity index is 1.36. The second-order valence-corrected chi connectivity index (χ2v) is 8.23. The van der Waals surface area contributed by atoms with Gasteiger partial charge in [0, 0.05) is 30.0 Å². The number of nitrogens with two attached hydrogens (primary N) is 1. The van der Waals surface area contributed by atoms with Crippen molar-refractivity contribution in [2.75, 3.05) is 25.1 Å². The van der Waals surface area contributed by atoms with Crippen LogP contribution >= 0.6 is 0 Å². The Kier molecular flexibility index (Phi) is 6.17. The molecule has 0 aliphatic heterocycles. The number of nitrogens with one attached hydrogen (secondary N) is 1. The van der Waals surface area contributed by atoms with E-state index in [4.69, 9.17) is 15.2 Å². The third kappa shape index (κ3) is 4.60. The largest absolute Gasteiger partial charge is 0.475 e. The molecule has 4 aromatic rings. The van der Waals surface area contributed by atoms with Crippen LogP contribution in [0, 0.1) is 5.92 Å². The second kappa shape index (κ2) is 9.56. The minimum atomic E-state index is -0.252. The zero-order valence-electron chi connectivity index (χ0n) is 18.8. The lowest BCUT2D eigenvalue weighted by molar-refractivity contribution is -0.121. The zero-order valence-corrected chi connectivity index (χ0v) is 18.8. The van der Waals surface area contributed by atoms with Crippen LogP contribution in [0.3, 0.4) is 0 Å². The molecular weight excluding hydrogens is 436 g/mol. The van der Waals surface area contributed by atoms with Gasteiger partial charge in [0.15, 0.2) is 11.2 Å². The molecule has 2 unspecified atom stereocenters. The van der Waals surface area contributed by atoms with Crippen molar-refractivity contribution in [2.24, 2.45) is 11.7 Å². The van der Waals surface area contributed by atoms with Gasteiger partial charge in [0.05, 0.1) is 24.0 Å². The summed E-state index contributed by atoms with van der Waals surface area (Å²) in [5.41, 5.74) is 8.23. The third-order valence-electron chi connectivity index (χ3n) is 5.93. The molecule has 1 aliphatic carbocycles. The van der Waals surface area contributed by atoms with Gasteiger partial charge in [0.25, 0.3) is 0 Å². The van der Waals surface area contributed by atoms with Crippen LogP contribution in [0.5, 0.6) is 5.88 Å². The topological polar surface area (TPSA) is 143 Å². The van der Waals surface area contributed by atoms with Crippen LogP contribution in [0.15, 0.2) is 36.5 Å². The highest BCUT2D eigenvalue weighted by Crippen LogP contribution is 2.27. The lowest BCUT2D eigenvalue weighted by atomic mass is 10.1. The predicted octanol–water partition coefficient (Wildman–Crippen LogP) is 2.24. The first-order valence-corrected chi connectivity index (χ1v) is 11.4. The Morgan fingerprint density at radius 1 is 1.18 bits per heavy atom. The van der Waals surface area contributed by atoms with Gasteiger partial charge in [-0.15, -0.1) is 5.10 Å². The molecule has 1 aliphatic rings. The summed E-state index contributed by atoms with van der Waals surface area (Å²) < 4.78 is 12.6. The van der Waals surface area contributed by atoms with Crippen molar-refractivity contribution >= 4 is 33.9 Å². The second-order valence-electron chi connectivity index (χ2n) is 8.23. The van der Waals surface area contributed by atoms with Crippen molar-refractivity contribution < 1.29 is 14.3 Å². The summed E-state index contributed by atoms with van der Waals surface area (Å²) in [5.74, 6) is 0.677. The quantitative estimate of drug-likeness (QED) is 0.358. The number of hydrogen-bond acceptors (Lipinski definition) is 9. The van der Waals surface area contributed by atoms with Crippen molar-refractivity contribution in [1.82, 2.24) is 29.9 Å². The lowest BCUT2D eigenvalue weighted by Gasteiger charge is -2.12. The van der Waals surface area contributed by atoms with E-state index in [1.54, 1.807) is 10.9 Å². The maximum Gasteiger partial charge on any atom is 0.225 e. The van der Waals surface area contributed by atoms with Crippen LogP contribution in [-0.2, 0) is 9.53 Å². The summed E-state index contributed by atoms with van der Waals surface area (Å²) in [7, 11) is 0. The van der Waals surface area contributed by atoms with Crippen LogP contribution in [0.2, 0.25) is 0 Å². The van der Waals surface area contributed by atoms with E-state index in [2.05, 4.69) is 30.6 Å². The van der Waals surface area contributed by atoms with E-state index in [0.717, 1.165) is 29.4 Å². The number of primary amides is 1. The number of aromatic nitrogens is 6. The molecule has 34 heavy (non-hydrogen) atoms. The zero-order chi connectivity index (χ0) is 23.5. The summed E-state index contributed by atoms with van der Waals surface area (Å²) in [6.45, 7) is 3.59. The SMILES string of the molecule is CCOCCOc1ccc2cc(-n3nnc4cnc(NC5CCC(C(N)=O)C5)nc43)ccc2n1. The normalized spacial score (nSPS) is 17.9. The fraction of sp³-hybridized carbons (Fsp3) is 0.391. The van der Waals surface area contributed by atoms with Gasteiger partial charge in [0.2, 0.25) is 17.7 Å². The van der Waals surface area contributed by atoms with E-state index >= 15 is 0 Å². The molecule has 11 nitrogen and oxygen atoms in total. The van der Waals surface area contributed by atoms with E-state index in [0.29, 0.717) is 49.2 Å². The average molecular weight is 463 g/mol. The summed E-state index contributed by atoms with van der Waals surface area (Å²) in [5, 5.41) is 12.7. The van der Waals surface area contributed by atoms with E-state index in [1.807, 2.05) is 37.3 Å². The Morgan fingerprint density at radius 3 is 2.91 bits per heavy atom. The molecule has 0 spiro atoms. The fourth-order valence-electron chi connectivity index (χ4n) is 4.18. The molecule has 3 aromatic heterocycles. The van der Waals surface area contributed by atoms with Gasteiger partial charge >= 0.3 is 0 Å². The van der Waals surface area contributed by atoms with Gasteiger partial charge in [-0.25, -0.2) is 9.97 Å². The molecule has 5 rings (SSSR count). The van der Waals surface area contributed by atoms with Gasteiger partial charge < -0.3 is 20.5 Å². The monoisotopic (exact) mass is 462 g/mol. The number of carbonyl (C=O) groups is 1. The van der Waals surface area contributed by atoms with Crippen LogP contribution in [0.25, 0.3) is 27.8 Å². The lowest BCUT2D eigenvalue weighted by Crippen LogP contribution is -2.23. The van der Waals surface area contributed by atoms with E-state index in [9.17, 15) is 4.79 Å². The molecule has 11 heteroatoms. The van der Waals surface area contributed by atoms with Crippen molar-refractivity contribution in [1.29, 1.82) is 0 Å². The van der Waals surface area contributed by atoms with E-state index < -0.39 is 0 Å². The number of amides is 1. The predicted molar refractivity (Wildman–Crippen MR) is 126 cm³/mol. The molecule has 0 bridgehead atoms. The summed E-state index contributed by atoms with van der Waals surface area (Å²) >= 11 is 0. The van der Waals surface area contributed by atoms with Crippen LogP contribution in [0.4, 0.5) is 5.95 Å². The Bertz CT molecular complexity index is 1320. The molecular formula is C23H26N8O3. The highest BCUT2D eigenvalue weighted by Gasteiger charge is 2.28. The molecule has 0 saturated heterocycles. The van der Waals surface area contributed by atoms with E-state index in [-0.39, 0.29) is 17.9 Å². The van der Waals surface area contributed by atoms with Gasteiger partial charge in [-0.05, 0) is 50.5 Å². The van der Waals surface area contributed by atoms with Gasteiger partial charge in [-0.1, -0.05) is 5.21 Å². The molecule has 2 atom stereocenters. The molecule has 0 radical (unpaired) electrons. The highest BCUT2D eigenvalue weighted by atomic mass is 16.5. The number of carbonyl (C=O) groups excluding carboxylic acids is 1. The van der Waals surface area contributed by atoms with Crippen molar-refractivity contribution in [3.8, 4) is 11.6 Å².